The number of hydrogen-bond acceptors (Lipinski definition) is 8. The maximum atomic E-state index is 10.0. The normalized spacial score (nSPS) is 10.8. The molecule has 8 nitrogen and oxygen atoms in total. The van der Waals surface area contributed by atoms with E-state index in [4.69, 9.17) is 9.47 Å². The van der Waals surface area contributed by atoms with Crippen LogP contribution in [-0.2, 0) is 23.7 Å². The van der Waals surface area contributed by atoms with Crippen molar-refractivity contribution in [3.05, 3.63) is 18.0 Å². The molecule has 120 valence electrons. The Labute approximate surface area is 124 Å². The average molecular weight is 301 g/mol. The Morgan fingerprint density at radius 3 is 2.14 bits per heavy atom. The predicted octanol–water partition coefficient (Wildman–Crippen LogP) is 1.00. The smallest absolute Gasteiger partial charge is 0.222 e. The Morgan fingerprint density at radius 2 is 1.81 bits per heavy atom. The zero-order chi connectivity index (χ0) is 16.3. The lowest BCUT2D eigenvalue weighted by Gasteiger charge is -2.17. The highest BCUT2D eigenvalue weighted by atomic mass is 16.7. The fourth-order valence-electron chi connectivity index (χ4n) is 1.14. The van der Waals surface area contributed by atoms with Gasteiger partial charge in [0, 0.05) is 41.7 Å². The molecule has 1 aromatic rings. The Balaban J connectivity index is 0.000000433. The highest BCUT2D eigenvalue weighted by molar-refractivity contribution is 5.59. The summed E-state index contributed by atoms with van der Waals surface area (Å²) in [6.07, 6.45) is 1.82. The molecule has 1 aromatic heterocycles. The van der Waals surface area contributed by atoms with Gasteiger partial charge in [-0.25, -0.2) is 9.97 Å². The van der Waals surface area contributed by atoms with Gasteiger partial charge in [-0.05, 0) is 13.0 Å². The molecular weight excluding hydrogens is 278 g/mol. The first kappa shape index (κ1) is 19.4. The number of nitrogens with one attached hydrogen (secondary N) is 1. The Morgan fingerprint density at radius 1 is 1.24 bits per heavy atom. The number of hydrogen-bond donors (Lipinski definition) is 1. The summed E-state index contributed by atoms with van der Waals surface area (Å²) in [6, 6.07) is 1.75. The van der Waals surface area contributed by atoms with Gasteiger partial charge in [0.05, 0.1) is 0 Å². The number of carbonyl (C=O) groups is 1. The highest BCUT2D eigenvalue weighted by Gasteiger charge is 2.20. The first-order valence-electron chi connectivity index (χ1n) is 6.13. The minimum absolute atomic E-state index is 0.435. The molecule has 0 unspecified atom stereocenters. The SMILES string of the molecule is CNc1nccc(C(OC)OC)n1.COC(C)(C=O)OC. The van der Waals surface area contributed by atoms with Crippen molar-refractivity contribution in [1.82, 2.24) is 9.97 Å². The summed E-state index contributed by atoms with van der Waals surface area (Å²) in [6.45, 7) is 1.54. The second kappa shape index (κ2) is 10.2. The van der Waals surface area contributed by atoms with Crippen LogP contribution in [0.15, 0.2) is 12.3 Å². The van der Waals surface area contributed by atoms with Crippen LogP contribution in [0.5, 0.6) is 0 Å². The maximum absolute atomic E-state index is 10.0. The summed E-state index contributed by atoms with van der Waals surface area (Å²) in [5.41, 5.74) is 0.698. The third kappa shape index (κ3) is 6.58. The van der Waals surface area contributed by atoms with Crippen LogP contribution in [0.4, 0.5) is 5.95 Å². The van der Waals surface area contributed by atoms with E-state index < -0.39 is 12.1 Å². The molecule has 21 heavy (non-hydrogen) atoms. The molecule has 8 heteroatoms. The van der Waals surface area contributed by atoms with Gasteiger partial charge in [-0.1, -0.05) is 0 Å². The molecule has 0 spiro atoms. The third-order valence-corrected chi connectivity index (χ3v) is 2.60. The van der Waals surface area contributed by atoms with Crippen LogP contribution in [0.3, 0.4) is 0 Å². The van der Waals surface area contributed by atoms with Crippen molar-refractivity contribution in [1.29, 1.82) is 0 Å². The first-order chi connectivity index (χ1) is 9.99. The van der Waals surface area contributed by atoms with E-state index in [0.717, 1.165) is 0 Å². The quantitative estimate of drug-likeness (QED) is 0.589. The summed E-state index contributed by atoms with van der Waals surface area (Å²) in [5.74, 6) is -0.503. The largest absolute Gasteiger partial charge is 0.357 e. The fourth-order valence-corrected chi connectivity index (χ4v) is 1.14. The Hall–Kier alpha value is -1.61. The second-order valence-electron chi connectivity index (χ2n) is 3.90. The summed E-state index contributed by atoms with van der Waals surface area (Å²) >= 11 is 0. The molecule has 0 aliphatic heterocycles. The third-order valence-electron chi connectivity index (χ3n) is 2.60. The zero-order valence-electron chi connectivity index (χ0n) is 13.2. The van der Waals surface area contributed by atoms with Crippen LogP contribution in [0.1, 0.15) is 18.9 Å². The van der Waals surface area contributed by atoms with E-state index >= 15 is 0 Å². The number of carbonyl (C=O) groups excluding carboxylic acids is 1. The number of anilines is 1. The Bertz CT molecular complexity index is 409. The molecule has 1 heterocycles. The number of ether oxygens (including phenoxy) is 4. The van der Waals surface area contributed by atoms with Gasteiger partial charge in [0.2, 0.25) is 18.0 Å². The van der Waals surface area contributed by atoms with E-state index in [1.807, 2.05) is 0 Å². The molecule has 0 saturated carbocycles. The van der Waals surface area contributed by atoms with Crippen LogP contribution < -0.4 is 5.32 Å². The van der Waals surface area contributed by atoms with E-state index in [9.17, 15) is 4.79 Å². The van der Waals surface area contributed by atoms with Crippen molar-refractivity contribution >= 4 is 12.2 Å². The first-order valence-corrected chi connectivity index (χ1v) is 6.13. The van der Waals surface area contributed by atoms with Crippen molar-refractivity contribution in [3.8, 4) is 0 Å². The number of methoxy groups -OCH3 is 4. The van der Waals surface area contributed by atoms with Crippen molar-refractivity contribution in [2.24, 2.45) is 0 Å². The lowest BCUT2D eigenvalue weighted by Crippen LogP contribution is -2.30. The number of nitrogens with zero attached hydrogens (tertiary/aromatic N) is 2. The van der Waals surface area contributed by atoms with E-state index in [1.165, 1.54) is 14.2 Å². The van der Waals surface area contributed by atoms with E-state index in [0.29, 0.717) is 17.9 Å². The van der Waals surface area contributed by atoms with Gasteiger partial charge >= 0.3 is 0 Å². The van der Waals surface area contributed by atoms with Crippen LogP contribution in [0.2, 0.25) is 0 Å². The zero-order valence-corrected chi connectivity index (χ0v) is 13.2. The Kier molecular flexibility index (Phi) is 9.39. The molecule has 0 amide bonds. The molecule has 0 aliphatic carbocycles. The summed E-state index contributed by atoms with van der Waals surface area (Å²) in [5, 5.41) is 2.84. The number of rotatable bonds is 7. The molecule has 0 aromatic carbocycles. The van der Waals surface area contributed by atoms with Gasteiger partial charge in [0.15, 0.2) is 6.29 Å². The minimum Gasteiger partial charge on any atom is -0.357 e. The number of aromatic nitrogens is 2. The van der Waals surface area contributed by atoms with Crippen molar-refractivity contribution in [2.45, 2.75) is 19.0 Å². The van der Waals surface area contributed by atoms with Crippen LogP contribution in [0.25, 0.3) is 0 Å². The van der Waals surface area contributed by atoms with E-state index in [2.05, 4.69) is 24.8 Å². The molecule has 0 atom stereocenters. The van der Waals surface area contributed by atoms with E-state index in [1.54, 1.807) is 40.5 Å². The lowest BCUT2D eigenvalue weighted by molar-refractivity contribution is -0.186. The molecule has 0 saturated heterocycles. The molecule has 0 fully saturated rings. The second-order valence-corrected chi connectivity index (χ2v) is 3.90. The topological polar surface area (TPSA) is 91.8 Å². The van der Waals surface area contributed by atoms with Crippen molar-refractivity contribution in [2.75, 3.05) is 40.8 Å². The molecule has 0 radical (unpaired) electrons. The fraction of sp³-hybridized carbons (Fsp3) is 0.615. The van der Waals surface area contributed by atoms with Crippen LogP contribution in [0, 0.1) is 0 Å². The summed E-state index contributed by atoms with van der Waals surface area (Å²) < 4.78 is 19.4. The molecule has 1 rings (SSSR count). The average Bonchev–Trinajstić information content (AvgIpc) is 2.56. The van der Waals surface area contributed by atoms with Crippen LogP contribution >= 0.6 is 0 Å². The van der Waals surface area contributed by atoms with Gasteiger partial charge in [0.25, 0.3) is 0 Å². The lowest BCUT2D eigenvalue weighted by atomic mass is 10.4. The van der Waals surface area contributed by atoms with Gasteiger partial charge in [0.1, 0.15) is 5.69 Å². The highest BCUT2D eigenvalue weighted by Crippen LogP contribution is 2.14. The van der Waals surface area contributed by atoms with Crippen molar-refractivity contribution < 1.29 is 23.7 Å². The number of aldehydes is 1. The van der Waals surface area contributed by atoms with Gasteiger partial charge in [-0.15, -0.1) is 0 Å². The van der Waals surface area contributed by atoms with E-state index in [-0.39, 0.29) is 0 Å². The summed E-state index contributed by atoms with van der Waals surface area (Å²) in [4.78, 5) is 18.2. The standard InChI is InChI=1S/C8H13N3O2.C5H10O3/c1-9-8-10-5-4-6(11-8)7(12-2)13-3;1-5(4-6,7-2)8-3/h4-5,7H,1-3H3,(H,9,10,11);4H,1-3H3. The van der Waals surface area contributed by atoms with Crippen LogP contribution in [-0.4, -0.2) is 57.5 Å². The monoisotopic (exact) mass is 301 g/mol. The molecule has 0 aliphatic rings. The molecule has 1 N–H and O–H groups in total. The maximum Gasteiger partial charge on any atom is 0.222 e. The van der Waals surface area contributed by atoms with Gasteiger partial charge < -0.3 is 24.3 Å². The molecule has 0 bridgehead atoms. The van der Waals surface area contributed by atoms with Gasteiger partial charge in [-0.2, -0.15) is 0 Å². The predicted molar refractivity (Wildman–Crippen MR) is 76.8 cm³/mol. The minimum atomic E-state index is -1.06. The van der Waals surface area contributed by atoms with Crippen molar-refractivity contribution in [3.63, 3.8) is 0 Å². The van der Waals surface area contributed by atoms with Gasteiger partial charge in [-0.3, -0.25) is 4.79 Å². The summed E-state index contributed by atoms with van der Waals surface area (Å²) in [7, 11) is 7.72. The molecular formula is C13H23N3O5.